The first kappa shape index (κ1) is 24.2. The lowest BCUT2D eigenvalue weighted by molar-refractivity contribution is -0.137. The Morgan fingerprint density at radius 2 is 1.86 bits per heavy atom. The molecular formula is C18H25F3IN5O. The predicted octanol–water partition coefficient (Wildman–Crippen LogP) is 4.13. The Morgan fingerprint density at radius 1 is 1.18 bits per heavy atom. The van der Waals surface area contributed by atoms with Crippen LogP contribution in [-0.4, -0.2) is 29.7 Å². The number of nitrogens with one attached hydrogen (secondary N) is 2. The number of benzene rings is 1. The van der Waals surface area contributed by atoms with Crippen LogP contribution >= 0.6 is 24.0 Å². The highest BCUT2D eigenvalue weighted by atomic mass is 127. The molecule has 2 rings (SSSR count). The quantitative estimate of drug-likeness (QED) is 0.253. The molecule has 28 heavy (non-hydrogen) atoms. The average Bonchev–Trinajstić information content (AvgIpc) is 3.10. The zero-order valence-electron chi connectivity index (χ0n) is 16.0. The molecule has 2 N–H and O–H groups in total. The van der Waals surface area contributed by atoms with E-state index in [4.69, 9.17) is 4.52 Å². The summed E-state index contributed by atoms with van der Waals surface area (Å²) in [5, 5.41) is 10.1. The molecule has 2 aromatic rings. The molecular weight excluding hydrogens is 486 g/mol. The van der Waals surface area contributed by atoms with Gasteiger partial charge in [0.2, 0.25) is 5.89 Å². The molecule has 0 aliphatic heterocycles. The fourth-order valence-electron chi connectivity index (χ4n) is 2.27. The molecule has 0 spiro atoms. The molecule has 1 aromatic heterocycles. The van der Waals surface area contributed by atoms with Crippen molar-refractivity contribution in [3.8, 4) is 0 Å². The summed E-state index contributed by atoms with van der Waals surface area (Å²) in [5.41, 5.74) is 0.0773. The summed E-state index contributed by atoms with van der Waals surface area (Å²) in [6.45, 7) is 5.02. The number of guanidine groups is 1. The second-order valence-electron chi connectivity index (χ2n) is 6.35. The van der Waals surface area contributed by atoms with Crippen molar-refractivity contribution in [1.29, 1.82) is 0 Å². The fraction of sp³-hybridized carbons (Fsp3) is 0.500. The second-order valence-corrected chi connectivity index (χ2v) is 6.35. The third-order valence-electron chi connectivity index (χ3n) is 3.82. The lowest BCUT2D eigenvalue weighted by Crippen LogP contribution is -2.37. The molecule has 0 unspecified atom stereocenters. The summed E-state index contributed by atoms with van der Waals surface area (Å²) in [6, 6.07) is 5.04. The molecule has 6 nitrogen and oxygen atoms in total. The predicted molar refractivity (Wildman–Crippen MR) is 112 cm³/mol. The molecule has 0 radical (unpaired) electrons. The zero-order chi connectivity index (χ0) is 19.9. The van der Waals surface area contributed by atoms with Crippen LogP contribution in [0.5, 0.6) is 0 Å². The maximum Gasteiger partial charge on any atom is 0.416 e. The molecule has 0 saturated heterocycles. The molecule has 0 atom stereocenters. The number of rotatable bonds is 7. The van der Waals surface area contributed by atoms with Crippen molar-refractivity contribution in [1.82, 2.24) is 20.8 Å². The fourth-order valence-corrected chi connectivity index (χ4v) is 2.27. The maximum absolute atomic E-state index is 12.6. The summed E-state index contributed by atoms with van der Waals surface area (Å²) < 4.78 is 42.9. The van der Waals surface area contributed by atoms with Crippen LogP contribution in [0.4, 0.5) is 13.2 Å². The summed E-state index contributed by atoms with van der Waals surface area (Å²) >= 11 is 0. The lowest BCUT2D eigenvalue weighted by atomic mass is 10.1. The number of nitrogens with zero attached hydrogens (tertiary/aromatic N) is 3. The van der Waals surface area contributed by atoms with Gasteiger partial charge in [0.05, 0.1) is 5.56 Å². The lowest BCUT2D eigenvalue weighted by Gasteiger charge is -2.12. The third-order valence-corrected chi connectivity index (χ3v) is 3.82. The van der Waals surface area contributed by atoms with E-state index in [1.807, 2.05) is 13.8 Å². The van der Waals surface area contributed by atoms with Crippen molar-refractivity contribution in [2.75, 3.05) is 13.6 Å². The summed E-state index contributed by atoms with van der Waals surface area (Å²) in [7, 11) is 1.63. The maximum atomic E-state index is 12.6. The van der Waals surface area contributed by atoms with Crippen LogP contribution in [0.1, 0.15) is 49.0 Å². The highest BCUT2D eigenvalue weighted by Crippen LogP contribution is 2.29. The number of hydrogen-bond donors (Lipinski definition) is 2. The Hall–Kier alpha value is -1.85. The highest BCUT2D eigenvalue weighted by Gasteiger charge is 2.29. The van der Waals surface area contributed by atoms with Crippen LogP contribution in [-0.2, 0) is 19.1 Å². The Balaban J connectivity index is 0.00000392. The topological polar surface area (TPSA) is 75.3 Å². The normalized spacial score (nSPS) is 12.0. The minimum absolute atomic E-state index is 0. The number of hydrogen-bond acceptors (Lipinski definition) is 4. The molecule has 0 aliphatic rings. The van der Waals surface area contributed by atoms with Crippen LogP contribution < -0.4 is 10.6 Å². The molecule has 0 aliphatic carbocycles. The standard InChI is InChI=1S/C18H24F3N5O.HI/c1-12(2)16-25-15(27-26-16)5-4-10-23-17(22-3)24-11-13-6-8-14(9-7-13)18(19,20)21;/h6-9,12H,4-5,10-11H2,1-3H3,(H2,22,23,24);1H. The first-order valence-corrected chi connectivity index (χ1v) is 8.72. The Bertz CT molecular complexity index is 744. The summed E-state index contributed by atoms with van der Waals surface area (Å²) in [4.78, 5) is 8.41. The van der Waals surface area contributed by atoms with Gasteiger partial charge in [-0.2, -0.15) is 18.2 Å². The van der Waals surface area contributed by atoms with E-state index in [1.165, 1.54) is 12.1 Å². The van der Waals surface area contributed by atoms with Gasteiger partial charge in [0.25, 0.3) is 0 Å². The van der Waals surface area contributed by atoms with Gasteiger partial charge in [0.15, 0.2) is 11.8 Å². The molecule has 1 heterocycles. The first-order chi connectivity index (χ1) is 12.8. The Morgan fingerprint density at radius 3 is 2.39 bits per heavy atom. The molecule has 0 fully saturated rings. The van der Waals surface area contributed by atoms with Gasteiger partial charge in [0.1, 0.15) is 0 Å². The molecule has 0 saturated carbocycles. The van der Waals surface area contributed by atoms with Gasteiger partial charge in [-0.25, -0.2) is 0 Å². The largest absolute Gasteiger partial charge is 0.416 e. The van der Waals surface area contributed by atoms with Crippen molar-refractivity contribution < 1.29 is 17.7 Å². The van der Waals surface area contributed by atoms with Crippen LogP contribution in [0.2, 0.25) is 0 Å². The van der Waals surface area contributed by atoms with Gasteiger partial charge in [-0.15, -0.1) is 24.0 Å². The van der Waals surface area contributed by atoms with Gasteiger partial charge in [-0.1, -0.05) is 31.1 Å². The van der Waals surface area contributed by atoms with E-state index in [9.17, 15) is 13.2 Å². The van der Waals surface area contributed by atoms with Crippen molar-refractivity contribution in [3.05, 3.63) is 47.1 Å². The van der Waals surface area contributed by atoms with E-state index >= 15 is 0 Å². The average molecular weight is 511 g/mol. The molecule has 0 amide bonds. The van der Waals surface area contributed by atoms with Gasteiger partial charge < -0.3 is 15.2 Å². The van der Waals surface area contributed by atoms with E-state index in [-0.39, 0.29) is 29.9 Å². The van der Waals surface area contributed by atoms with E-state index < -0.39 is 11.7 Å². The SMILES string of the molecule is CN=C(NCCCc1nc(C(C)C)no1)NCc1ccc(C(F)(F)F)cc1.I. The van der Waals surface area contributed by atoms with Gasteiger partial charge in [0, 0.05) is 32.5 Å². The number of alkyl halides is 3. The second kappa shape index (κ2) is 11.2. The van der Waals surface area contributed by atoms with Gasteiger partial charge >= 0.3 is 6.18 Å². The van der Waals surface area contributed by atoms with Crippen LogP contribution in [0.25, 0.3) is 0 Å². The Kier molecular flexibility index (Phi) is 9.70. The number of aliphatic imine (C=N–C) groups is 1. The number of halogens is 4. The third kappa shape index (κ3) is 7.64. The smallest absolute Gasteiger partial charge is 0.356 e. The van der Waals surface area contributed by atoms with Crippen molar-refractivity contribution in [2.45, 2.75) is 45.3 Å². The minimum atomic E-state index is -4.32. The van der Waals surface area contributed by atoms with Crippen LogP contribution in [0, 0.1) is 0 Å². The van der Waals surface area contributed by atoms with Gasteiger partial charge in [-0.3, -0.25) is 4.99 Å². The monoisotopic (exact) mass is 511 g/mol. The van der Waals surface area contributed by atoms with Crippen molar-refractivity contribution in [3.63, 3.8) is 0 Å². The molecule has 156 valence electrons. The summed E-state index contributed by atoms with van der Waals surface area (Å²) in [5.74, 6) is 2.11. The van der Waals surface area contributed by atoms with Crippen LogP contribution in [0.3, 0.4) is 0 Å². The van der Waals surface area contributed by atoms with Crippen molar-refractivity contribution in [2.24, 2.45) is 4.99 Å². The van der Waals surface area contributed by atoms with Gasteiger partial charge in [-0.05, 0) is 24.1 Å². The molecule has 0 bridgehead atoms. The van der Waals surface area contributed by atoms with Crippen molar-refractivity contribution >= 4 is 29.9 Å². The zero-order valence-corrected chi connectivity index (χ0v) is 18.3. The molecule has 10 heteroatoms. The van der Waals surface area contributed by atoms with E-state index in [2.05, 4.69) is 25.8 Å². The van der Waals surface area contributed by atoms with Crippen LogP contribution in [0.15, 0.2) is 33.8 Å². The number of aryl methyl sites for hydroxylation is 1. The summed E-state index contributed by atoms with van der Waals surface area (Å²) in [6.07, 6.45) is -2.89. The first-order valence-electron chi connectivity index (χ1n) is 8.72. The molecule has 1 aromatic carbocycles. The van der Waals surface area contributed by atoms with E-state index in [0.29, 0.717) is 37.2 Å². The van der Waals surface area contributed by atoms with E-state index in [0.717, 1.165) is 24.1 Å². The Labute approximate surface area is 179 Å². The number of aromatic nitrogens is 2. The minimum Gasteiger partial charge on any atom is -0.356 e. The van der Waals surface area contributed by atoms with E-state index in [1.54, 1.807) is 7.05 Å². The highest BCUT2D eigenvalue weighted by molar-refractivity contribution is 14.0.